The predicted molar refractivity (Wildman–Crippen MR) is 19.6 cm³/mol. The maximum absolute atomic E-state index is 10.9. The molecule has 0 aliphatic heterocycles. The maximum Gasteiger partial charge on any atom is 0.288 e. The van der Waals surface area contributed by atoms with Crippen LogP contribution in [0.4, 0.5) is 8.78 Å². The highest BCUT2D eigenvalue weighted by molar-refractivity contribution is 7.81. The van der Waals surface area contributed by atoms with Gasteiger partial charge in [0, 0.05) is 6.92 Å². The van der Waals surface area contributed by atoms with Crippen molar-refractivity contribution in [3.05, 3.63) is 0 Å². The summed E-state index contributed by atoms with van der Waals surface area (Å²) in [7, 11) is 0. The van der Waals surface area contributed by atoms with Crippen LogP contribution >= 0.6 is 12.6 Å². The van der Waals surface area contributed by atoms with Crippen molar-refractivity contribution in [2.24, 2.45) is 0 Å². The van der Waals surface area contributed by atoms with Crippen LogP contribution in [0.25, 0.3) is 0 Å². The molecule has 0 bridgehead atoms. The zero-order valence-corrected chi connectivity index (χ0v) is 3.60. The minimum Gasteiger partial charge on any atom is -0.195 e. The highest BCUT2D eigenvalue weighted by atomic mass is 32.1. The predicted octanol–water partition coefficient (Wildman–Crippen LogP) is 1.53. The highest BCUT2D eigenvalue weighted by Gasteiger charge is 2.10. The van der Waals surface area contributed by atoms with E-state index in [9.17, 15) is 8.78 Å². The lowest BCUT2D eigenvalue weighted by atomic mass is 10.9. The Labute approximate surface area is 34.6 Å². The van der Waals surface area contributed by atoms with Crippen LogP contribution in [0.5, 0.6) is 0 Å². The minimum atomic E-state index is -2.81. The van der Waals surface area contributed by atoms with Gasteiger partial charge in [0.2, 0.25) is 0 Å². The normalized spacial score (nSPS) is 12.0. The van der Waals surface area contributed by atoms with Crippen molar-refractivity contribution in [1.29, 1.82) is 0 Å². The molecule has 0 aromatic carbocycles. The molecule has 0 amide bonds. The van der Waals surface area contributed by atoms with Gasteiger partial charge in [0.15, 0.2) is 0 Å². The lowest BCUT2D eigenvalue weighted by molar-refractivity contribution is 0.132. The smallest absolute Gasteiger partial charge is 0.195 e. The van der Waals surface area contributed by atoms with E-state index in [0.29, 0.717) is 0 Å². The summed E-state index contributed by atoms with van der Waals surface area (Å²) in [4.78, 5) is 0. The molecule has 0 saturated heterocycles. The fourth-order valence-corrected chi connectivity index (χ4v) is 0. The van der Waals surface area contributed by atoms with Crippen LogP contribution in [0.15, 0.2) is 0 Å². The highest BCUT2D eigenvalue weighted by Crippen LogP contribution is 2.14. The number of rotatable bonds is 0. The van der Waals surface area contributed by atoms with Gasteiger partial charge in [-0.3, -0.25) is 0 Å². The molecule has 0 N–H and O–H groups in total. The quantitative estimate of drug-likeness (QED) is 0.436. The van der Waals surface area contributed by atoms with Gasteiger partial charge in [-0.1, -0.05) is 0 Å². The number of thiol groups is 1. The number of hydrogen-bond acceptors (Lipinski definition) is 1. The zero-order chi connectivity index (χ0) is 4.50. The Morgan fingerprint density at radius 1 is 1.60 bits per heavy atom. The molecule has 0 nitrogen and oxygen atoms in total. The lowest BCUT2D eigenvalue weighted by Gasteiger charge is -1.93. The van der Waals surface area contributed by atoms with Gasteiger partial charge in [-0.2, -0.15) is 8.78 Å². The molecule has 0 aromatic rings. The number of hydrogen-bond donors (Lipinski definition) is 1. The summed E-state index contributed by atoms with van der Waals surface area (Å²) in [6.07, 6.45) is 0. The van der Waals surface area contributed by atoms with Crippen molar-refractivity contribution < 1.29 is 8.78 Å². The fourth-order valence-electron chi connectivity index (χ4n) is 0. The average Bonchev–Trinajstić information content (AvgIpc) is 0.722. The molecule has 0 atom stereocenters. The Hall–Kier alpha value is 0.210. The molecule has 0 rings (SSSR count). The topological polar surface area (TPSA) is 0 Å². The molecular weight excluding hydrogens is 94.1 g/mol. The van der Waals surface area contributed by atoms with Crippen molar-refractivity contribution in [2.75, 3.05) is 0 Å². The Bertz CT molecular complexity index is 23.1. The first-order valence-corrected chi connectivity index (χ1v) is 1.55. The van der Waals surface area contributed by atoms with Crippen LogP contribution in [-0.4, -0.2) is 5.25 Å². The molecule has 0 spiro atoms. The third-order valence-corrected chi connectivity index (χ3v) is 0. The summed E-state index contributed by atoms with van der Waals surface area (Å²) in [6, 6.07) is 0. The summed E-state index contributed by atoms with van der Waals surface area (Å²) >= 11 is 2.79. The second-order valence-corrected chi connectivity index (χ2v) is 1.63. The van der Waals surface area contributed by atoms with Crippen molar-refractivity contribution in [3.63, 3.8) is 0 Å². The largest absolute Gasteiger partial charge is 0.288 e. The van der Waals surface area contributed by atoms with Gasteiger partial charge >= 0.3 is 0 Å². The van der Waals surface area contributed by atoms with Crippen LogP contribution in [0.2, 0.25) is 0 Å². The second-order valence-electron chi connectivity index (χ2n) is 0.842. The summed E-state index contributed by atoms with van der Waals surface area (Å²) in [5.74, 6) is 0. The molecule has 0 aliphatic carbocycles. The van der Waals surface area contributed by atoms with E-state index < -0.39 is 5.25 Å². The Morgan fingerprint density at radius 3 is 1.60 bits per heavy atom. The van der Waals surface area contributed by atoms with Crippen molar-refractivity contribution in [2.45, 2.75) is 12.2 Å². The molecule has 0 saturated carbocycles. The minimum absolute atomic E-state index is 0.718. The molecule has 0 heterocycles. The molecule has 5 heavy (non-hydrogen) atoms. The Kier molecular flexibility index (Phi) is 1.17. The first-order valence-electron chi connectivity index (χ1n) is 1.10. The first-order chi connectivity index (χ1) is 2.00. The van der Waals surface area contributed by atoms with Gasteiger partial charge < -0.3 is 0 Å². The SMILES string of the molecule is CC(F)(F)S. The molecule has 0 fully saturated rings. The van der Waals surface area contributed by atoms with Crippen LogP contribution in [0.1, 0.15) is 6.92 Å². The Morgan fingerprint density at radius 2 is 1.60 bits per heavy atom. The van der Waals surface area contributed by atoms with Crippen molar-refractivity contribution >= 4 is 12.6 Å². The van der Waals surface area contributed by atoms with Crippen molar-refractivity contribution in [1.82, 2.24) is 0 Å². The molecule has 0 aliphatic rings. The molecule has 32 valence electrons. The zero-order valence-electron chi connectivity index (χ0n) is 2.70. The van der Waals surface area contributed by atoms with Gasteiger partial charge in [0.05, 0.1) is 0 Å². The van der Waals surface area contributed by atoms with Gasteiger partial charge in [0.1, 0.15) is 0 Å². The molecule has 3 heteroatoms. The first kappa shape index (κ1) is 5.21. The number of alkyl halides is 2. The summed E-state index contributed by atoms with van der Waals surface area (Å²) in [5, 5.41) is -2.81. The van der Waals surface area contributed by atoms with E-state index in [-0.39, 0.29) is 0 Å². The second kappa shape index (κ2) is 1.12. The maximum atomic E-state index is 10.9. The van der Waals surface area contributed by atoms with E-state index in [0.717, 1.165) is 6.92 Å². The summed E-state index contributed by atoms with van der Waals surface area (Å²) < 4.78 is 21.8. The Balaban J connectivity index is 3.02. The van der Waals surface area contributed by atoms with Gasteiger partial charge in [0.25, 0.3) is 5.25 Å². The van der Waals surface area contributed by atoms with E-state index in [1.165, 1.54) is 0 Å². The van der Waals surface area contributed by atoms with E-state index in [1.54, 1.807) is 0 Å². The van der Waals surface area contributed by atoms with Gasteiger partial charge in [-0.05, 0) is 0 Å². The molecule has 0 aromatic heterocycles. The van der Waals surface area contributed by atoms with Gasteiger partial charge in [-0.25, -0.2) is 0 Å². The molecule has 0 radical (unpaired) electrons. The third kappa shape index (κ3) is 466. The van der Waals surface area contributed by atoms with Gasteiger partial charge in [-0.15, -0.1) is 12.6 Å². The number of halogens is 2. The van der Waals surface area contributed by atoms with E-state index >= 15 is 0 Å². The molecular formula is C2H4F2S. The van der Waals surface area contributed by atoms with Crippen LogP contribution in [-0.2, 0) is 0 Å². The third-order valence-electron chi connectivity index (χ3n) is 0. The van der Waals surface area contributed by atoms with Crippen LogP contribution in [0.3, 0.4) is 0 Å². The summed E-state index contributed by atoms with van der Waals surface area (Å²) in [6.45, 7) is 0.718. The monoisotopic (exact) mass is 98.0 g/mol. The standard InChI is InChI=1S/C2H4F2S/c1-2(3,4)5/h5H,1H3. The van der Waals surface area contributed by atoms with E-state index in [4.69, 9.17) is 0 Å². The van der Waals surface area contributed by atoms with E-state index in [1.807, 2.05) is 0 Å². The van der Waals surface area contributed by atoms with Crippen LogP contribution in [0, 0.1) is 0 Å². The average molecular weight is 98.1 g/mol. The fraction of sp³-hybridized carbons (Fsp3) is 1.00. The molecule has 0 unspecified atom stereocenters. The summed E-state index contributed by atoms with van der Waals surface area (Å²) in [5.41, 5.74) is 0. The van der Waals surface area contributed by atoms with E-state index in [2.05, 4.69) is 12.6 Å². The lowest BCUT2D eigenvalue weighted by Crippen LogP contribution is -1.93. The van der Waals surface area contributed by atoms with Crippen LogP contribution < -0.4 is 0 Å². The van der Waals surface area contributed by atoms with Crippen molar-refractivity contribution in [3.8, 4) is 0 Å².